The molecule has 0 spiro atoms. The molecule has 0 aliphatic heterocycles. The lowest BCUT2D eigenvalue weighted by Gasteiger charge is -2.06. The molecule has 0 radical (unpaired) electrons. The van der Waals surface area contributed by atoms with Crippen LogP contribution in [0.3, 0.4) is 0 Å². The van der Waals surface area contributed by atoms with Gasteiger partial charge in [0.2, 0.25) is 0 Å². The van der Waals surface area contributed by atoms with Crippen molar-refractivity contribution in [2.24, 2.45) is 0 Å². The van der Waals surface area contributed by atoms with Gasteiger partial charge in [-0.3, -0.25) is 9.59 Å². The number of amides is 2. The highest BCUT2D eigenvalue weighted by Gasteiger charge is 2.23. The average molecular weight is 412 g/mol. The van der Waals surface area contributed by atoms with E-state index in [1.54, 1.807) is 24.3 Å². The van der Waals surface area contributed by atoms with Crippen molar-refractivity contribution in [1.82, 2.24) is 5.32 Å². The van der Waals surface area contributed by atoms with Gasteiger partial charge in [-0.25, -0.2) is 0 Å². The Morgan fingerprint density at radius 3 is 2.38 bits per heavy atom. The smallest absolute Gasteiger partial charge is 0.256 e. The fourth-order valence-corrected chi connectivity index (χ4v) is 3.16. The molecule has 1 aromatic carbocycles. The van der Waals surface area contributed by atoms with Crippen molar-refractivity contribution in [1.29, 1.82) is 0 Å². The van der Waals surface area contributed by atoms with Crippen LogP contribution in [0.25, 0.3) is 0 Å². The summed E-state index contributed by atoms with van der Waals surface area (Å²) in [6, 6.07) is 9.14. The van der Waals surface area contributed by atoms with Gasteiger partial charge in [0, 0.05) is 22.7 Å². The lowest BCUT2D eigenvalue weighted by atomic mass is 10.2. The molecule has 0 bridgehead atoms. The molecule has 21 heavy (non-hydrogen) atoms. The van der Waals surface area contributed by atoms with Crippen molar-refractivity contribution in [2.45, 2.75) is 18.9 Å². The molecule has 1 aromatic heterocycles. The first kappa shape index (κ1) is 14.5. The van der Waals surface area contributed by atoms with Crippen LogP contribution in [0.2, 0.25) is 0 Å². The number of halogens is 1. The second kappa shape index (κ2) is 6.15. The zero-order chi connectivity index (χ0) is 14.8. The van der Waals surface area contributed by atoms with Gasteiger partial charge in [0.05, 0.1) is 8.45 Å². The highest BCUT2D eigenvalue weighted by molar-refractivity contribution is 14.1. The van der Waals surface area contributed by atoms with E-state index in [-0.39, 0.29) is 11.8 Å². The van der Waals surface area contributed by atoms with Crippen LogP contribution in [0.15, 0.2) is 35.7 Å². The number of carbonyl (C=O) groups excluding carboxylic acids is 2. The number of hydrogen-bond acceptors (Lipinski definition) is 3. The van der Waals surface area contributed by atoms with Gasteiger partial charge in [-0.2, -0.15) is 0 Å². The molecule has 0 atom stereocenters. The molecule has 108 valence electrons. The summed E-state index contributed by atoms with van der Waals surface area (Å²) in [6.45, 7) is 0. The maximum Gasteiger partial charge on any atom is 0.256 e. The lowest BCUT2D eigenvalue weighted by molar-refractivity contribution is 0.0950. The lowest BCUT2D eigenvalue weighted by Crippen LogP contribution is -2.25. The first-order chi connectivity index (χ1) is 10.1. The molecule has 1 aliphatic rings. The van der Waals surface area contributed by atoms with Gasteiger partial charge in [-0.05, 0) is 65.8 Å². The summed E-state index contributed by atoms with van der Waals surface area (Å²) >= 11 is 3.72. The summed E-state index contributed by atoms with van der Waals surface area (Å²) in [5.41, 5.74) is 1.95. The summed E-state index contributed by atoms with van der Waals surface area (Å²) in [5.74, 6) is -0.188. The first-order valence-electron chi connectivity index (χ1n) is 6.58. The summed E-state index contributed by atoms with van der Waals surface area (Å²) in [7, 11) is 0. The van der Waals surface area contributed by atoms with Crippen LogP contribution in [-0.2, 0) is 0 Å². The predicted octanol–water partition coefficient (Wildman–Crippen LogP) is 3.50. The third-order valence-corrected chi connectivity index (χ3v) is 4.94. The molecule has 0 unspecified atom stereocenters. The topological polar surface area (TPSA) is 58.2 Å². The minimum atomic E-state index is -0.135. The van der Waals surface area contributed by atoms with Crippen molar-refractivity contribution >= 4 is 51.4 Å². The van der Waals surface area contributed by atoms with Gasteiger partial charge in [0.15, 0.2) is 0 Å². The second-order valence-electron chi connectivity index (χ2n) is 4.92. The van der Waals surface area contributed by atoms with E-state index >= 15 is 0 Å². The summed E-state index contributed by atoms with van der Waals surface area (Å²) in [5, 5.41) is 7.58. The van der Waals surface area contributed by atoms with Crippen LogP contribution >= 0.6 is 33.9 Å². The second-order valence-corrected chi connectivity index (χ2v) is 7.72. The molecule has 6 heteroatoms. The zero-order valence-corrected chi connectivity index (χ0v) is 14.0. The molecule has 2 N–H and O–H groups in total. The Hall–Kier alpha value is -1.41. The molecule has 3 rings (SSSR count). The number of carbonyl (C=O) groups is 2. The molecule has 4 nitrogen and oxygen atoms in total. The monoisotopic (exact) mass is 412 g/mol. The van der Waals surface area contributed by atoms with E-state index in [0.717, 1.165) is 15.7 Å². The molecular weight excluding hydrogens is 399 g/mol. The number of thiophene rings is 1. The van der Waals surface area contributed by atoms with E-state index in [1.807, 2.05) is 11.4 Å². The van der Waals surface area contributed by atoms with Gasteiger partial charge in [0.25, 0.3) is 11.8 Å². The van der Waals surface area contributed by atoms with Crippen molar-refractivity contribution in [2.75, 3.05) is 5.32 Å². The minimum absolute atomic E-state index is 0.0530. The van der Waals surface area contributed by atoms with Crippen molar-refractivity contribution < 1.29 is 9.59 Å². The highest BCUT2D eigenvalue weighted by atomic mass is 127. The fourth-order valence-electron chi connectivity index (χ4n) is 1.83. The van der Waals surface area contributed by atoms with E-state index in [2.05, 4.69) is 33.2 Å². The van der Waals surface area contributed by atoms with Crippen molar-refractivity contribution in [3.05, 3.63) is 49.7 Å². The first-order valence-corrected chi connectivity index (χ1v) is 8.54. The number of hydrogen-bond donors (Lipinski definition) is 2. The maximum absolute atomic E-state index is 12.0. The Bertz CT molecular complexity index is 677. The van der Waals surface area contributed by atoms with Crippen molar-refractivity contribution in [3.8, 4) is 0 Å². The van der Waals surface area contributed by atoms with E-state index in [4.69, 9.17) is 0 Å². The van der Waals surface area contributed by atoms with Crippen LogP contribution in [-0.4, -0.2) is 17.9 Å². The molecular formula is C15H13IN2O2S. The molecule has 2 amide bonds. The Balaban J connectivity index is 1.63. The molecule has 0 saturated heterocycles. The van der Waals surface area contributed by atoms with E-state index < -0.39 is 0 Å². The molecule has 2 aromatic rings. The SMILES string of the molecule is O=C(Nc1ccc(C(=O)NC2CC2)cc1)c1csc(I)c1. The van der Waals surface area contributed by atoms with Crippen LogP contribution in [0.1, 0.15) is 33.6 Å². The third kappa shape index (κ3) is 3.82. The van der Waals surface area contributed by atoms with Gasteiger partial charge < -0.3 is 10.6 Å². The minimum Gasteiger partial charge on any atom is -0.349 e. The fraction of sp³-hybridized carbons (Fsp3) is 0.200. The van der Waals surface area contributed by atoms with Crippen LogP contribution < -0.4 is 10.6 Å². The predicted molar refractivity (Wildman–Crippen MR) is 91.9 cm³/mol. The molecule has 1 saturated carbocycles. The zero-order valence-electron chi connectivity index (χ0n) is 11.1. The van der Waals surface area contributed by atoms with E-state index in [0.29, 0.717) is 22.9 Å². The van der Waals surface area contributed by atoms with E-state index in [9.17, 15) is 9.59 Å². The Kier molecular flexibility index (Phi) is 4.25. The van der Waals surface area contributed by atoms with Crippen LogP contribution in [0.5, 0.6) is 0 Å². The van der Waals surface area contributed by atoms with Gasteiger partial charge >= 0.3 is 0 Å². The Morgan fingerprint density at radius 1 is 1.10 bits per heavy atom. The molecule has 1 fully saturated rings. The Labute approximate surface area is 140 Å². The Morgan fingerprint density at radius 2 is 1.81 bits per heavy atom. The average Bonchev–Trinajstić information content (AvgIpc) is 3.17. The number of anilines is 1. The number of benzene rings is 1. The van der Waals surface area contributed by atoms with Gasteiger partial charge in [-0.15, -0.1) is 11.3 Å². The molecule has 1 heterocycles. The number of nitrogens with one attached hydrogen (secondary N) is 2. The van der Waals surface area contributed by atoms with Crippen molar-refractivity contribution in [3.63, 3.8) is 0 Å². The highest BCUT2D eigenvalue weighted by Crippen LogP contribution is 2.20. The summed E-state index contributed by atoms with van der Waals surface area (Å²) < 4.78 is 1.07. The quantitative estimate of drug-likeness (QED) is 0.756. The normalized spacial score (nSPS) is 13.8. The largest absolute Gasteiger partial charge is 0.349 e. The van der Waals surface area contributed by atoms with Gasteiger partial charge in [0.1, 0.15) is 0 Å². The van der Waals surface area contributed by atoms with Crippen LogP contribution in [0.4, 0.5) is 5.69 Å². The van der Waals surface area contributed by atoms with E-state index in [1.165, 1.54) is 11.3 Å². The maximum atomic E-state index is 12.0. The summed E-state index contributed by atoms with van der Waals surface area (Å²) in [4.78, 5) is 23.9. The standard InChI is InChI=1S/C15H13IN2O2S/c16-13-7-10(8-21-13)15(20)18-11-3-1-9(2-4-11)14(19)17-12-5-6-12/h1-4,7-8,12H,5-6H2,(H,17,19)(H,18,20). The third-order valence-electron chi connectivity index (χ3n) is 3.15. The molecule has 1 aliphatic carbocycles. The van der Waals surface area contributed by atoms with Crippen LogP contribution in [0, 0.1) is 2.88 Å². The number of rotatable bonds is 4. The van der Waals surface area contributed by atoms with Gasteiger partial charge in [-0.1, -0.05) is 0 Å². The summed E-state index contributed by atoms with van der Waals surface area (Å²) in [6.07, 6.45) is 2.14.